The third kappa shape index (κ3) is 2.16. The van der Waals surface area contributed by atoms with Crippen LogP contribution in [0.4, 0.5) is 4.39 Å². The van der Waals surface area contributed by atoms with E-state index in [0.29, 0.717) is 4.47 Å². The van der Waals surface area contributed by atoms with Gasteiger partial charge in [0.05, 0.1) is 15.5 Å². The highest BCUT2D eigenvalue weighted by molar-refractivity contribution is 9.10. The predicted octanol–water partition coefficient (Wildman–Crippen LogP) is 4.75. The summed E-state index contributed by atoms with van der Waals surface area (Å²) in [4.78, 5) is 7.88. The standard InChI is InChI=1S/C15H12BrFN2/c1-8-5-9(2)14-13(6-8)18-15(19-14)10-3-4-12(17)11(16)7-10/h3-7H,1-2H3,(H,18,19). The molecule has 0 aliphatic rings. The highest BCUT2D eigenvalue weighted by atomic mass is 79.9. The number of aryl methyl sites for hydroxylation is 2. The Kier molecular flexibility index (Phi) is 2.90. The van der Waals surface area contributed by atoms with Crippen LogP contribution in [0.15, 0.2) is 34.8 Å². The van der Waals surface area contributed by atoms with Crippen molar-refractivity contribution in [3.63, 3.8) is 0 Å². The zero-order valence-corrected chi connectivity index (χ0v) is 12.2. The lowest BCUT2D eigenvalue weighted by atomic mass is 10.1. The number of nitrogens with zero attached hydrogens (tertiary/aromatic N) is 1. The van der Waals surface area contributed by atoms with Crippen LogP contribution in [0.25, 0.3) is 22.4 Å². The summed E-state index contributed by atoms with van der Waals surface area (Å²) in [6.45, 7) is 4.10. The molecule has 0 spiro atoms. The molecule has 19 heavy (non-hydrogen) atoms. The van der Waals surface area contributed by atoms with Gasteiger partial charge >= 0.3 is 0 Å². The Hall–Kier alpha value is -1.68. The highest BCUT2D eigenvalue weighted by Crippen LogP contribution is 2.26. The molecular formula is C15H12BrFN2. The monoisotopic (exact) mass is 318 g/mol. The van der Waals surface area contributed by atoms with E-state index < -0.39 is 0 Å². The number of aromatic amines is 1. The molecule has 0 amide bonds. The quantitative estimate of drug-likeness (QED) is 0.689. The number of hydrogen-bond acceptors (Lipinski definition) is 1. The van der Waals surface area contributed by atoms with Gasteiger partial charge in [-0.3, -0.25) is 0 Å². The molecular weight excluding hydrogens is 307 g/mol. The van der Waals surface area contributed by atoms with Crippen LogP contribution in [0, 0.1) is 19.7 Å². The first-order valence-electron chi connectivity index (χ1n) is 5.97. The first-order chi connectivity index (χ1) is 9.04. The molecule has 2 aromatic carbocycles. The fourth-order valence-corrected chi connectivity index (χ4v) is 2.63. The maximum absolute atomic E-state index is 13.3. The summed E-state index contributed by atoms with van der Waals surface area (Å²) in [5, 5.41) is 0. The second-order valence-corrected chi connectivity index (χ2v) is 5.55. The second-order valence-electron chi connectivity index (χ2n) is 4.69. The van der Waals surface area contributed by atoms with Gasteiger partial charge in [0.2, 0.25) is 0 Å². The Morgan fingerprint density at radius 2 is 1.95 bits per heavy atom. The van der Waals surface area contributed by atoms with Crippen LogP contribution >= 0.6 is 15.9 Å². The topological polar surface area (TPSA) is 28.7 Å². The number of hydrogen-bond donors (Lipinski definition) is 1. The lowest BCUT2D eigenvalue weighted by Gasteiger charge is -1.98. The number of H-pyrrole nitrogens is 1. The minimum atomic E-state index is -0.271. The number of fused-ring (bicyclic) bond motifs is 1. The number of rotatable bonds is 1. The van der Waals surface area contributed by atoms with Crippen LogP contribution in [-0.2, 0) is 0 Å². The molecule has 0 fully saturated rings. The molecule has 1 N–H and O–H groups in total. The van der Waals surface area contributed by atoms with Crippen molar-refractivity contribution in [2.75, 3.05) is 0 Å². The van der Waals surface area contributed by atoms with Gasteiger partial charge < -0.3 is 4.98 Å². The molecule has 4 heteroatoms. The Balaban J connectivity index is 2.20. The lowest BCUT2D eigenvalue weighted by Crippen LogP contribution is -1.83. The van der Waals surface area contributed by atoms with Crippen molar-refractivity contribution in [3.8, 4) is 11.4 Å². The van der Waals surface area contributed by atoms with Gasteiger partial charge in [0, 0.05) is 5.56 Å². The van der Waals surface area contributed by atoms with Crippen LogP contribution in [0.2, 0.25) is 0 Å². The smallest absolute Gasteiger partial charge is 0.138 e. The van der Waals surface area contributed by atoms with E-state index in [1.54, 1.807) is 12.1 Å². The third-order valence-corrected chi connectivity index (χ3v) is 3.72. The molecule has 0 radical (unpaired) electrons. The van der Waals surface area contributed by atoms with E-state index in [1.807, 2.05) is 6.92 Å². The van der Waals surface area contributed by atoms with Crippen LogP contribution < -0.4 is 0 Å². The fraction of sp³-hybridized carbons (Fsp3) is 0.133. The van der Waals surface area contributed by atoms with Crippen LogP contribution in [0.3, 0.4) is 0 Å². The predicted molar refractivity (Wildman–Crippen MR) is 78.7 cm³/mol. The first kappa shape index (κ1) is 12.4. The number of benzene rings is 2. The van der Waals surface area contributed by atoms with E-state index in [1.165, 1.54) is 11.6 Å². The third-order valence-electron chi connectivity index (χ3n) is 3.11. The second kappa shape index (κ2) is 4.46. The van der Waals surface area contributed by atoms with Gasteiger partial charge in [0.15, 0.2) is 0 Å². The molecule has 1 aromatic heterocycles. The normalized spacial score (nSPS) is 11.2. The SMILES string of the molecule is Cc1cc(C)c2nc(-c3ccc(F)c(Br)c3)[nH]c2c1. The molecule has 3 rings (SSSR count). The molecule has 0 saturated heterocycles. The summed E-state index contributed by atoms with van der Waals surface area (Å²) in [5.74, 6) is 0.483. The largest absolute Gasteiger partial charge is 0.338 e. The number of halogens is 2. The molecule has 0 aliphatic heterocycles. The number of nitrogens with one attached hydrogen (secondary N) is 1. The van der Waals surface area contributed by atoms with Crippen molar-refractivity contribution in [1.29, 1.82) is 0 Å². The summed E-state index contributed by atoms with van der Waals surface area (Å²) in [7, 11) is 0. The summed E-state index contributed by atoms with van der Waals surface area (Å²) in [5.41, 5.74) is 5.16. The molecule has 0 bridgehead atoms. The number of imidazole rings is 1. The average molecular weight is 319 g/mol. The van der Waals surface area contributed by atoms with Crippen molar-refractivity contribution in [2.45, 2.75) is 13.8 Å². The van der Waals surface area contributed by atoms with E-state index in [-0.39, 0.29) is 5.82 Å². The highest BCUT2D eigenvalue weighted by Gasteiger charge is 2.09. The molecule has 0 saturated carbocycles. The first-order valence-corrected chi connectivity index (χ1v) is 6.76. The minimum absolute atomic E-state index is 0.271. The van der Waals surface area contributed by atoms with E-state index >= 15 is 0 Å². The van der Waals surface area contributed by atoms with Crippen LogP contribution in [-0.4, -0.2) is 9.97 Å². The van der Waals surface area contributed by atoms with Crippen molar-refractivity contribution in [3.05, 3.63) is 51.7 Å². The Bertz CT molecular complexity index is 777. The fourth-order valence-electron chi connectivity index (χ4n) is 2.25. The summed E-state index contributed by atoms with van der Waals surface area (Å²) >= 11 is 3.20. The zero-order chi connectivity index (χ0) is 13.6. The summed E-state index contributed by atoms with van der Waals surface area (Å²) in [6, 6.07) is 9.06. The lowest BCUT2D eigenvalue weighted by molar-refractivity contribution is 0.621. The van der Waals surface area contributed by atoms with Crippen molar-refractivity contribution in [1.82, 2.24) is 9.97 Å². The van der Waals surface area contributed by atoms with Crippen molar-refractivity contribution >= 4 is 27.0 Å². The van der Waals surface area contributed by atoms with Gasteiger partial charge in [0.1, 0.15) is 11.6 Å². The van der Waals surface area contributed by atoms with Gasteiger partial charge in [-0.2, -0.15) is 0 Å². The Morgan fingerprint density at radius 3 is 2.68 bits per heavy atom. The van der Waals surface area contributed by atoms with Crippen LogP contribution in [0.1, 0.15) is 11.1 Å². The Morgan fingerprint density at radius 1 is 1.16 bits per heavy atom. The van der Waals surface area contributed by atoms with Crippen molar-refractivity contribution in [2.24, 2.45) is 0 Å². The maximum atomic E-state index is 13.3. The van der Waals surface area contributed by atoms with E-state index in [0.717, 1.165) is 28.0 Å². The molecule has 2 nitrogen and oxygen atoms in total. The van der Waals surface area contributed by atoms with Crippen LogP contribution in [0.5, 0.6) is 0 Å². The van der Waals surface area contributed by atoms with E-state index in [4.69, 9.17) is 0 Å². The summed E-state index contributed by atoms with van der Waals surface area (Å²) < 4.78 is 13.7. The molecule has 0 aliphatic carbocycles. The molecule has 3 aromatic rings. The summed E-state index contributed by atoms with van der Waals surface area (Å²) in [6.07, 6.45) is 0. The minimum Gasteiger partial charge on any atom is -0.338 e. The zero-order valence-electron chi connectivity index (χ0n) is 10.6. The Labute approximate surface area is 118 Å². The van der Waals surface area contributed by atoms with Gasteiger partial charge in [-0.25, -0.2) is 9.37 Å². The molecule has 96 valence electrons. The van der Waals surface area contributed by atoms with Gasteiger partial charge in [-0.15, -0.1) is 0 Å². The van der Waals surface area contributed by atoms with Gasteiger partial charge in [-0.1, -0.05) is 6.07 Å². The maximum Gasteiger partial charge on any atom is 0.138 e. The molecule has 1 heterocycles. The molecule has 0 unspecified atom stereocenters. The van der Waals surface area contributed by atoms with E-state index in [9.17, 15) is 4.39 Å². The molecule has 0 atom stereocenters. The average Bonchev–Trinajstić information content (AvgIpc) is 2.76. The van der Waals surface area contributed by atoms with Gasteiger partial charge in [0.25, 0.3) is 0 Å². The van der Waals surface area contributed by atoms with Gasteiger partial charge in [-0.05, 0) is 65.2 Å². The van der Waals surface area contributed by atoms with Crippen molar-refractivity contribution < 1.29 is 4.39 Å². The number of aromatic nitrogens is 2. The van der Waals surface area contributed by atoms with E-state index in [2.05, 4.69) is 45.0 Å².